The molecule has 6 nitrogen and oxygen atoms in total. The molecule has 0 aliphatic carbocycles. The van der Waals surface area contributed by atoms with E-state index in [2.05, 4.69) is 87.6 Å². The molecule has 0 aromatic carbocycles. The number of hydrogen-bond acceptors (Lipinski definition) is 6. The van der Waals surface area contributed by atoms with Crippen molar-refractivity contribution in [2.24, 2.45) is 0 Å². The van der Waals surface area contributed by atoms with Crippen molar-refractivity contribution in [2.75, 3.05) is 13.2 Å². The minimum atomic E-state index is -0.860. The summed E-state index contributed by atoms with van der Waals surface area (Å²) in [5.41, 5.74) is 0. The van der Waals surface area contributed by atoms with Gasteiger partial charge < -0.3 is 14.2 Å². The fourth-order valence-corrected chi connectivity index (χ4v) is 5.42. The molecule has 0 bridgehead atoms. The van der Waals surface area contributed by atoms with Crippen LogP contribution in [0, 0.1) is 0 Å². The molecular weight excluding hydrogens is 781 g/mol. The van der Waals surface area contributed by atoms with Gasteiger partial charge in [-0.15, -0.1) is 0 Å². The molecule has 0 fully saturated rings. The predicted molar refractivity (Wildman–Crippen MR) is 269 cm³/mol. The first-order valence-corrected chi connectivity index (χ1v) is 23.8. The molecular formula is C57H82O6. The van der Waals surface area contributed by atoms with Gasteiger partial charge >= 0.3 is 17.9 Å². The maximum Gasteiger partial charge on any atom is 0.306 e. The molecule has 0 saturated carbocycles. The van der Waals surface area contributed by atoms with Gasteiger partial charge in [-0.25, -0.2) is 0 Å². The van der Waals surface area contributed by atoms with Gasteiger partial charge in [-0.05, 0) is 89.9 Å². The standard InChI is InChI=1S/C57H82O6/c1-4-7-10-13-16-19-22-25-27-28-30-32-35-38-41-44-47-50-56(59)62-53-54(52-61-55(58)49-46-43-40-37-34-31-24-21-18-15-12-9-6-3)63-57(60)51-48-45-42-39-36-33-29-26-23-20-17-14-11-8-5-2/h8-9,11-12,14-21,23-27,29-34,36-38,40-41,54H,4-7,10,13,22,28,35,39,42-53H2,1-3H3/b11-8-,12-9-,17-14-,18-15-,19-16-,23-20-,24-21-,27-25-,29-26-,32-30-,34-31-,36-33-,40-37-,41-38-. The monoisotopic (exact) mass is 863 g/mol. The van der Waals surface area contributed by atoms with E-state index in [1.165, 1.54) is 25.7 Å². The Hall–Kier alpha value is -5.23. The lowest BCUT2D eigenvalue weighted by atomic mass is 10.1. The number of carbonyl (C=O) groups is 3. The van der Waals surface area contributed by atoms with Crippen molar-refractivity contribution in [3.8, 4) is 0 Å². The van der Waals surface area contributed by atoms with Crippen LogP contribution in [0.5, 0.6) is 0 Å². The van der Waals surface area contributed by atoms with Crippen molar-refractivity contribution in [1.82, 2.24) is 0 Å². The molecule has 0 aliphatic heterocycles. The quantitative estimate of drug-likeness (QED) is 0.0201. The van der Waals surface area contributed by atoms with Crippen LogP contribution in [0.15, 0.2) is 170 Å². The number of esters is 3. The molecule has 63 heavy (non-hydrogen) atoms. The summed E-state index contributed by atoms with van der Waals surface area (Å²) in [7, 11) is 0. The van der Waals surface area contributed by atoms with E-state index < -0.39 is 12.1 Å². The van der Waals surface area contributed by atoms with E-state index in [0.29, 0.717) is 19.3 Å². The normalized spacial score (nSPS) is 13.6. The summed E-state index contributed by atoms with van der Waals surface area (Å²) in [6.07, 6.45) is 73.4. The van der Waals surface area contributed by atoms with Crippen molar-refractivity contribution in [3.05, 3.63) is 170 Å². The lowest BCUT2D eigenvalue weighted by Crippen LogP contribution is -2.30. The van der Waals surface area contributed by atoms with E-state index in [-0.39, 0.29) is 44.4 Å². The van der Waals surface area contributed by atoms with Gasteiger partial charge in [-0.2, -0.15) is 0 Å². The second kappa shape index (κ2) is 49.4. The van der Waals surface area contributed by atoms with E-state index in [4.69, 9.17) is 14.2 Å². The SMILES string of the molecule is CC\C=C/C=C\C=C/C=C\C=C/CCCCCC(=O)OC(COC(=O)CCC\C=C/C=C\C=C/C=C\C=C/CC)COC(=O)CCC/C=C\C/C=C\C/C=C\C/C=C\CCCCC. The van der Waals surface area contributed by atoms with Crippen LogP contribution in [-0.4, -0.2) is 37.2 Å². The number of unbranched alkanes of at least 4 members (excludes halogenated alkanes) is 8. The smallest absolute Gasteiger partial charge is 0.306 e. The van der Waals surface area contributed by atoms with Gasteiger partial charge in [0.05, 0.1) is 0 Å². The van der Waals surface area contributed by atoms with Crippen molar-refractivity contribution in [2.45, 2.75) is 155 Å². The first-order chi connectivity index (χ1) is 31.0. The van der Waals surface area contributed by atoms with Gasteiger partial charge in [-0.1, -0.05) is 210 Å². The maximum atomic E-state index is 12.7. The molecule has 0 aromatic heterocycles. The fraction of sp³-hybridized carbons (Fsp3) is 0.456. The zero-order chi connectivity index (χ0) is 45.8. The molecule has 0 heterocycles. The molecule has 0 saturated heterocycles. The van der Waals surface area contributed by atoms with Crippen molar-refractivity contribution in [1.29, 1.82) is 0 Å². The van der Waals surface area contributed by atoms with E-state index >= 15 is 0 Å². The van der Waals surface area contributed by atoms with Crippen molar-refractivity contribution < 1.29 is 28.6 Å². The highest BCUT2D eigenvalue weighted by molar-refractivity contribution is 5.71. The third kappa shape index (κ3) is 47.7. The number of rotatable bonds is 39. The zero-order valence-corrected chi connectivity index (χ0v) is 39.2. The first kappa shape index (κ1) is 57.8. The predicted octanol–water partition coefficient (Wildman–Crippen LogP) is 15.6. The summed E-state index contributed by atoms with van der Waals surface area (Å²) >= 11 is 0. The van der Waals surface area contributed by atoms with Gasteiger partial charge in [0.1, 0.15) is 13.2 Å². The topological polar surface area (TPSA) is 78.9 Å². The number of allylic oxidation sites excluding steroid dienone is 28. The molecule has 1 atom stereocenters. The Labute approximate surface area is 383 Å². The number of hydrogen-bond donors (Lipinski definition) is 0. The Balaban J connectivity index is 4.71. The minimum absolute atomic E-state index is 0.156. The van der Waals surface area contributed by atoms with Crippen LogP contribution in [0.2, 0.25) is 0 Å². The Morgan fingerprint density at radius 3 is 1.14 bits per heavy atom. The molecule has 6 heteroatoms. The van der Waals surface area contributed by atoms with E-state index in [1.807, 2.05) is 103 Å². The van der Waals surface area contributed by atoms with Crippen LogP contribution < -0.4 is 0 Å². The zero-order valence-electron chi connectivity index (χ0n) is 39.2. The third-order valence-corrected chi connectivity index (χ3v) is 8.94. The van der Waals surface area contributed by atoms with Gasteiger partial charge in [-0.3, -0.25) is 14.4 Å². The van der Waals surface area contributed by atoms with Crippen molar-refractivity contribution >= 4 is 17.9 Å². The van der Waals surface area contributed by atoms with Crippen LogP contribution in [0.4, 0.5) is 0 Å². The minimum Gasteiger partial charge on any atom is -0.462 e. The summed E-state index contributed by atoms with van der Waals surface area (Å²) in [6.45, 7) is 6.12. The first-order valence-electron chi connectivity index (χ1n) is 23.8. The summed E-state index contributed by atoms with van der Waals surface area (Å²) < 4.78 is 16.6. The Kier molecular flexibility index (Phi) is 45.3. The average Bonchev–Trinajstić information content (AvgIpc) is 3.28. The van der Waals surface area contributed by atoms with Crippen LogP contribution >= 0.6 is 0 Å². The summed E-state index contributed by atoms with van der Waals surface area (Å²) in [6, 6.07) is 0. The Bertz CT molecular complexity index is 1550. The van der Waals surface area contributed by atoms with E-state index in [9.17, 15) is 14.4 Å². The van der Waals surface area contributed by atoms with E-state index in [0.717, 1.165) is 64.2 Å². The molecule has 0 spiro atoms. The lowest BCUT2D eigenvalue weighted by molar-refractivity contribution is -0.167. The second-order valence-electron chi connectivity index (χ2n) is 14.8. The lowest BCUT2D eigenvalue weighted by Gasteiger charge is -2.18. The Morgan fingerprint density at radius 2 is 0.698 bits per heavy atom. The fourth-order valence-electron chi connectivity index (χ4n) is 5.42. The molecule has 346 valence electrons. The largest absolute Gasteiger partial charge is 0.462 e. The third-order valence-electron chi connectivity index (χ3n) is 8.94. The highest BCUT2D eigenvalue weighted by atomic mass is 16.6. The second-order valence-corrected chi connectivity index (χ2v) is 14.8. The van der Waals surface area contributed by atoms with Gasteiger partial charge in [0, 0.05) is 19.3 Å². The molecule has 0 radical (unpaired) electrons. The molecule has 0 aromatic rings. The van der Waals surface area contributed by atoms with Crippen LogP contribution in [0.3, 0.4) is 0 Å². The van der Waals surface area contributed by atoms with E-state index in [1.54, 1.807) is 0 Å². The summed E-state index contributed by atoms with van der Waals surface area (Å²) in [4.78, 5) is 37.8. The number of ether oxygens (including phenoxy) is 3. The summed E-state index contributed by atoms with van der Waals surface area (Å²) in [5, 5.41) is 0. The molecule has 1 unspecified atom stereocenters. The molecule has 0 rings (SSSR count). The highest BCUT2D eigenvalue weighted by Crippen LogP contribution is 2.09. The molecule has 0 amide bonds. The number of carbonyl (C=O) groups excluding carboxylic acids is 3. The molecule has 0 aliphatic rings. The van der Waals surface area contributed by atoms with Gasteiger partial charge in [0.25, 0.3) is 0 Å². The highest BCUT2D eigenvalue weighted by Gasteiger charge is 2.19. The molecule has 0 N–H and O–H groups in total. The summed E-state index contributed by atoms with van der Waals surface area (Å²) in [5.74, 6) is -1.15. The van der Waals surface area contributed by atoms with Crippen LogP contribution in [-0.2, 0) is 28.6 Å². The maximum absolute atomic E-state index is 12.7. The van der Waals surface area contributed by atoms with Crippen molar-refractivity contribution in [3.63, 3.8) is 0 Å². The van der Waals surface area contributed by atoms with Gasteiger partial charge in [0.15, 0.2) is 6.10 Å². The van der Waals surface area contributed by atoms with Gasteiger partial charge in [0.2, 0.25) is 0 Å². The van der Waals surface area contributed by atoms with Crippen LogP contribution in [0.25, 0.3) is 0 Å². The Morgan fingerprint density at radius 1 is 0.349 bits per heavy atom. The van der Waals surface area contributed by atoms with Crippen LogP contribution in [0.1, 0.15) is 149 Å². The average molecular weight is 863 g/mol.